The number of nitrogens with zero attached hydrogens (tertiary/aromatic N) is 4. The van der Waals surface area contributed by atoms with E-state index in [4.69, 9.17) is 9.41 Å². The van der Waals surface area contributed by atoms with Gasteiger partial charge in [0.05, 0.1) is 28.5 Å². The van der Waals surface area contributed by atoms with Gasteiger partial charge in [-0.05, 0) is 43.1 Å². The fourth-order valence-corrected chi connectivity index (χ4v) is 5.37. The monoisotopic (exact) mass is 495 g/mol. The molecule has 0 aliphatic carbocycles. The van der Waals surface area contributed by atoms with Crippen LogP contribution >= 0.6 is 0 Å². The summed E-state index contributed by atoms with van der Waals surface area (Å²) in [7, 11) is 0. The van der Waals surface area contributed by atoms with E-state index in [1.54, 1.807) is 6.26 Å². The minimum Gasteiger partial charge on any atom is -0.460 e. The Morgan fingerprint density at radius 1 is 0.895 bits per heavy atom. The number of fused-ring (bicyclic) bond motifs is 5. The quantitative estimate of drug-likeness (QED) is 0.249. The fourth-order valence-electron chi connectivity index (χ4n) is 5.37. The molecule has 6 nitrogen and oxygen atoms in total. The zero-order chi connectivity index (χ0) is 25.5. The molecule has 3 aromatic heterocycles. The molecule has 0 radical (unpaired) electrons. The summed E-state index contributed by atoms with van der Waals surface area (Å²) in [5, 5.41) is 7.02. The number of aromatic nitrogens is 2. The lowest BCUT2D eigenvalue weighted by Gasteiger charge is -2.15. The summed E-state index contributed by atoms with van der Waals surface area (Å²) in [6, 6.07) is 27.4. The molecule has 0 amide bonds. The minimum atomic E-state index is 0.412. The van der Waals surface area contributed by atoms with Crippen LogP contribution in [0.25, 0.3) is 38.4 Å². The molecule has 0 bridgehead atoms. The first-order chi connectivity index (χ1) is 18.8. The number of rotatable bonds is 6. The van der Waals surface area contributed by atoms with Crippen LogP contribution in [0.2, 0.25) is 0 Å². The highest BCUT2D eigenvalue weighted by Crippen LogP contribution is 2.36. The van der Waals surface area contributed by atoms with Crippen LogP contribution in [0.3, 0.4) is 0 Å². The van der Waals surface area contributed by atoms with Gasteiger partial charge in [-0.3, -0.25) is 9.98 Å². The predicted octanol–water partition coefficient (Wildman–Crippen LogP) is 7.15. The van der Waals surface area contributed by atoms with Crippen molar-refractivity contribution in [1.29, 1.82) is 0 Å². The Labute approximate surface area is 219 Å². The Kier molecular flexibility index (Phi) is 5.29. The average molecular weight is 496 g/mol. The van der Waals surface area contributed by atoms with Gasteiger partial charge in [0, 0.05) is 40.7 Å². The van der Waals surface area contributed by atoms with E-state index in [1.165, 1.54) is 16.2 Å². The maximum atomic E-state index is 5.86. The molecule has 3 aromatic carbocycles. The second kappa shape index (κ2) is 9.09. The van der Waals surface area contributed by atoms with Crippen LogP contribution in [0, 0.1) is 0 Å². The van der Waals surface area contributed by atoms with Crippen LogP contribution in [0.15, 0.2) is 130 Å². The molecule has 4 heterocycles. The molecule has 184 valence electrons. The van der Waals surface area contributed by atoms with Crippen LogP contribution in [-0.4, -0.2) is 28.1 Å². The Balaban J connectivity index is 1.45. The molecule has 0 saturated carbocycles. The van der Waals surface area contributed by atoms with E-state index >= 15 is 0 Å². The summed E-state index contributed by atoms with van der Waals surface area (Å²) >= 11 is 0. The van der Waals surface area contributed by atoms with E-state index < -0.39 is 0 Å². The standard InChI is InChI=1S/C32H25N5O/c1-33-27-17-20-38-32(27)30(26-12-7-8-18-34-26)35-21-37-28-13-6-5-11-23(28)24-14-15-29-25(31(24)37)16-19-36(29)22-9-3-2-4-10-22/h2-17,19-20,34H,1,18,21H2/b35-30-. The van der Waals surface area contributed by atoms with Gasteiger partial charge in [0.2, 0.25) is 0 Å². The van der Waals surface area contributed by atoms with Crippen LogP contribution in [0.4, 0.5) is 5.69 Å². The van der Waals surface area contributed by atoms with Crippen molar-refractivity contribution in [3.05, 3.63) is 121 Å². The van der Waals surface area contributed by atoms with Crippen LogP contribution in [-0.2, 0) is 6.67 Å². The fraction of sp³-hybridized carbons (Fsp3) is 0.0625. The van der Waals surface area contributed by atoms with Crippen LogP contribution < -0.4 is 5.32 Å². The summed E-state index contributed by atoms with van der Waals surface area (Å²) in [6.07, 6.45) is 9.88. The van der Waals surface area contributed by atoms with Gasteiger partial charge in [0.1, 0.15) is 18.1 Å². The van der Waals surface area contributed by atoms with Crippen molar-refractivity contribution in [1.82, 2.24) is 14.5 Å². The Bertz CT molecular complexity index is 1910. The van der Waals surface area contributed by atoms with E-state index in [9.17, 15) is 0 Å². The summed E-state index contributed by atoms with van der Waals surface area (Å²) in [6.45, 7) is 4.86. The van der Waals surface area contributed by atoms with Crippen molar-refractivity contribution in [2.45, 2.75) is 6.67 Å². The van der Waals surface area contributed by atoms with Crippen molar-refractivity contribution in [2.75, 3.05) is 6.54 Å². The largest absolute Gasteiger partial charge is 0.460 e. The first-order valence-corrected chi connectivity index (χ1v) is 12.6. The molecule has 6 aromatic rings. The first-order valence-electron chi connectivity index (χ1n) is 12.6. The number of furan rings is 1. The van der Waals surface area contributed by atoms with Crippen LogP contribution in [0.5, 0.6) is 0 Å². The molecule has 6 heteroatoms. The zero-order valence-corrected chi connectivity index (χ0v) is 20.7. The maximum Gasteiger partial charge on any atom is 0.179 e. The lowest BCUT2D eigenvalue weighted by Crippen LogP contribution is -2.23. The summed E-state index contributed by atoms with van der Waals surface area (Å²) < 4.78 is 10.4. The van der Waals surface area contributed by atoms with E-state index in [0.717, 1.165) is 40.2 Å². The van der Waals surface area contributed by atoms with Gasteiger partial charge in [-0.2, -0.15) is 0 Å². The number of aliphatic imine (C=N–C) groups is 2. The second-order valence-electron chi connectivity index (χ2n) is 9.19. The lowest BCUT2D eigenvalue weighted by molar-refractivity contribution is 0.556. The minimum absolute atomic E-state index is 0.412. The SMILES string of the molecule is C=Nc1ccoc1/C(=N\Cn1c2ccccc2c2ccc3c(ccn3-c3ccccc3)c21)C1=CC=CCN1. The van der Waals surface area contributed by atoms with Gasteiger partial charge in [0.25, 0.3) is 0 Å². The summed E-state index contributed by atoms with van der Waals surface area (Å²) in [5.74, 6) is 0.607. The predicted molar refractivity (Wildman–Crippen MR) is 156 cm³/mol. The number of allylic oxidation sites excluding steroid dienone is 3. The number of benzene rings is 3. The van der Waals surface area contributed by atoms with E-state index in [-0.39, 0.29) is 0 Å². The van der Waals surface area contributed by atoms with Gasteiger partial charge in [0.15, 0.2) is 5.76 Å². The van der Waals surface area contributed by atoms with Gasteiger partial charge in [-0.15, -0.1) is 0 Å². The van der Waals surface area contributed by atoms with Crippen molar-refractivity contribution in [3.63, 3.8) is 0 Å². The van der Waals surface area contributed by atoms with Crippen molar-refractivity contribution < 1.29 is 4.42 Å². The average Bonchev–Trinajstić information content (AvgIpc) is 3.70. The molecule has 0 saturated heterocycles. The number of hydrogen-bond acceptors (Lipinski definition) is 4. The topological polar surface area (TPSA) is 59.8 Å². The van der Waals surface area contributed by atoms with Gasteiger partial charge in [-0.1, -0.05) is 54.6 Å². The van der Waals surface area contributed by atoms with E-state index in [2.05, 4.69) is 105 Å². The van der Waals surface area contributed by atoms with Crippen LogP contribution in [0.1, 0.15) is 5.76 Å². The third-order valence-electron chi connectivity index (χ3n) is 7.10. The zero-order valence-electron chi connectivity index (χ0n) is 20.7. The maximum absolute atomic E-state index is 5.86. The highest BCUT2D eigenvalue weighted by Gasteiger charge is 2.20. The smallest absolute Gasteiger partial charge is 0.179 e. The summed E-state index contributed by atoms with van der Waals surface area (Å²) in [4.78, 5) is 9.30. The molecule has 7 rings (SSSR count). The van der Waals surface area contributed by atoms with E-state index in [1.807, 2.05) is 24.3 Å². The highest BCUT2D eigenvalue weighted by molar-refractivity contribution is 6.18. The molecule has 38 heavy (non-hydrogen) atoms. The van der Waals surface area contributed by atoms with Gasteiger partial charge in [-0.25, -0.2) is 0 Å². The number of nitrogens with one attached hydrogen (secondary N) is 1. The molecular weight excluding hydrogens is 470 g/mol. The molecule has 1 aliphatic heterocycles. The molecule has 0 unspecified atom stereocenters. The van der Waals surface area contributed by atoms with Crippen molar-refractivity contribution >= 4 is 50.8 Å². The Morgan fingerprint density at radius 2 is 1.76 bits per heavy atom. The number of hydrogen-bond donors (Lipinski definition) is 1. The Hall–Kier alpha value is -5.10. The molecule has 0 fully saturated rings. The van der Waals surface area contributed by atoms with E-state index in [0.29, 0.717) is 18.1 Å². The molecule has 1 N–H and O–H groups in total. The first kappa shape index (κ1) is 22.1. The molecule has 1 aliphatic rings. The third kappa shape index (κ3) is 3.50. The van der Waals surface area contributed by atoms with Gasteiger partial charge < -0.3 is 18.9 Å². The third-order valence-corrected chi connectivity index (χ3v) is 7.10. The number of para-hydroxylation sites is 2. The second-order valence-corrected chi connectivity index (χ2v) is 9.19. The normalized spacial score (nSPS) is 13.8. The molecule has 0 spiro atoms. The van der Waals surface area contributed by atoms with Gasteiger partial charge >= 0.3 is 0 Å². The Morgan fingerprint density at radius 3 is 2.61 bits per heavy atom. The van der Waals surface area contributed by atoms with Crippen molar-refractivity contribution in [2.24, 2.45) is 9.98 Å². The molecule has 0 atom stereocenters. The lowest BCUT2D eigenvalue weighted by atomic mass is 10.1. The summed E-state index contributed by atoms with van der Waals surface area (Å²) in [5.41, 5.74) is 6.88. The molecular formula is C32H25N5O. The highest BCUT2D eigenvalue weighted by atomic mass is 16.3. The van der Waals surface area contributed by atoms with Crippen molar-refractivity contribution in [3.8, 4) is 5.69 Å². The number of dihydropyridines is 1.